The molecule has 9 aromatic carbocycles. The number of alkyl halides is 3. The molecule has 64 heavy (non-hydrogen) atoms. The van der Waals surface area contributed by atoms with E-state index in [2.05, 4.69) is 100 Å². The molecule has 0 aliphatic rings. The van der Waals surface area contributed by atoms with Gasteiger partial charge in [0.15, 0.2) is 0 Å². The summed E-state index contributed by atoms with van der Waals surface area (Å²) in [4.78, 5) is 0. The Balaban J connectivity index is 1.23. The van der Waals surface area contributed by atoms with Crippen LogP contribution in [0.1, 0.15) is 16.7 Å². The molecule has 4 nitrogen and oxygen atoms in total. The molecule has 11 rings (SSSR count). The summed E-state index contributed by atoms with van der Waals surface area (Å²) in [7, 11) is 0. The monoisotopic (exact) mass is 830 g/mol. The van der Waals surface area contributed by atoms with E-state index in [1.165, 1.54) is 6.07 Å². The van der Waals surface area contributed by atoms with E-state index in [0.29, 0.717) is 16.7 Å². The minimum atomic E-state index is -4.62. The molecule has 0 aliphatic heterocycles. The third kappa shape index (κ3) is 6.30. The first-order chi connectivity index (χ1) is 31.3. The molecule has 0 unspecified atom stereocenters. The Hall–Kier alpha value is -8.65. The van der Waals surface area contributed by atoms with E-state index >= 15 is 0 Å². The fourth-order valence-electron chi connectivity index (χ4n) is 9.28. The molecule has 302 valence electrons. The lowest BCUT2D eigenvalue weighted by atomic mass is 9.92. The summed E-state index contributed by atoms with van der Waals surface area (Å²) >= 11 is 0. The molecule has 0 fully saturated rings. The average Bonchev–Trinajstić information content (AvgIpc) is 3.85. The van der Waals surface area contributed by atoms with Crippen molar-refractivity contribution in [2.24, 2.45) is 0 Å². The van der Waals surface area contributed by atoms with Crippen molar-refractivity contribution >= 4 is 43.6 Å². The topological polar surface area (TPSA) is 57.4 Å². The summed E-state index contributed by atoms with van der Waals surface area (Å²) in [5.41, 5.74) is 11.6. The predicted molar refractivity (Wildman–Crippen MR) is 251 cm³/mol. The van der Waals surface area contributed by atoms with Gasteiger partial charge in [0.1, 0.15) is 0 Å². The van der Waals surface area contributed by atoms with E-state index < -0.39 is 11.7 Å². The average molecular weight is 831 g/mol. The molecule has 0 bridgehead atoms. The van der Waals surface area contributed by atoms with E-state index in [9.17, 15) is 23.7 Å². The molecule has 2 heterocycles. The van der Waals surface area contributed by atoms with Gasteiger partial charge in [-0.2, -0.15) is 23.7 Å². The molecule has 0 amide bonds. The van der Waals surface area contributed by atoms with E-state index in [4.69, 9.17) is 0 Å². The minimum absolute atomic E-state index is 0.0959. The largest absolute Gasteiger partial charge is 0.416 e. The Labute approximate surface area is 366 Å². The summed E-state index contributed by atoms with van der Waals surface area (Å²) in [5, 5.41) is 24.9. The first kappa shape index (κ1) is 38.3. The highest BCUT2D eigenvalue weighted by molar-refractivity contribution is 6.13. The quantitative estimate of drug-likeness (QED) is 0.168. The van der Waals surface area contributed by atoms with Crippen LogP contribution in [-0.4, -0.2) is 9.13 Å². The van der Waals surface area contributed by atoms with Gasteiger partial charge in [-0.05, 0) is 112 Å². The fourth-order valence-corrected chi connectivity index (χ4v) is 9.28. The van der Waals surface area contributed by atoms with Crippen molar-refractivity contribution in [2.75, 3.05) is 0 Å². The summed E-state index contributed by atoms with van der Waals surface area (Å²) in [6.45, 7) is 0. The second-order valence-corrected chi connectivity index (χ2v) is 15.8. The summed E-state index contributed by atoms with van der Waals surface area (Å²) in [5.74, 6) is 0. The molecule has 0 aliphatic carbocycles. The van der Waals surface area contributed by atoms with E-state index in [1.54, 1.807) is 0 Å². The van der Waals surface area contributed by atoms with Gasteiger partial charge >= 0.3 is 6.18 Å². The maximum Gasteiger partial charge on any atom is 0.416 e. The van der Waals surface area contributed by atoms with Gasteiger partial charge in [0.2, 0.25) is 0 Å². The number of benzene rings is 9. The standard InChI is InChI=1S/C57H33F3N4/c58-57(59,60)43-23-24-44(42(30-43)35-62)41-22-28-56(64-52-18-10-8-16-46(52)49-32-40(21-27-55(49)64)38-13-5-2-6-14-38)50(33-41)47-29-36(34-61)19-25-53(47)63-51-17-9-7-15-45(51)48-31-39(20-26-54(48)63)37-11-3-1-4-12-37/h1-33H. The zero-order valence-corrected chi connectivity index (χ0v) is 34.0. The third-order valence-corrected chi connectivity index (χ3v) is 12.2. The third-order valence-electron chi connectivity index (χ3n) is 12.2. The normalized spacial score (nSPS) is 11.6. The van der Waals surface area contributed by atoms with E-state index in [-0.39, 0.29) is 5.56 Å². The first-order valence-corrected chi connectivity index (χ1v) is 20.8. The molecular weight excluding hydrogens is 798 g/mol. The zero-order valence-electron chi connectivity index (χ0n) is 34.0. The molecule has 0 saturated heterocycles. The van der Waals surface area contributed by atoms with Gasteiger partial charge in [-0.3, -0.25) is 0 Å². The highest BCUT2D eigenvalue weighted by atomic mass is 19.4. The Kier molecular flexibility index (Phi) is 9.01. The van der Waals surface area contributed by atoms with Crippen molar-refractivity contribution in [1.29, 1.82) is 10.5 Å². The van der Waals surface area contributed by atoms with Crippen molar-refractivity contribution in [3.63, 3.8) is 0 Å². The minimum Gasteiger partial charge on any atom is -0.309 e. The number of aromatic nitrogens is 2. The van der Waals surface area contributed by atoms with Gasteiger partial charge in [0.25, 0.3) is 0 Å². The molecule has 0 N–H and O–H groups in total. The molecular formula is C57H33F3N4. The van der Waals surface area contributed by atoms with Crippen LogP contribution in [0, 0.1) is 22.7 Å². The number of halogens is 3. The highest BCUT2D eigenvalue weighted by Gasteiger charge is 2.31. The number of para-hydroxylation sites is 2. The Morgan fingerprint density at radius 3 is 1.38 bits per heavy atom. The van der Waals surface area contributed by atoms with Crippen LogP contribution in [0.4, 0.5) is 13.2 Å². The highest BCUT2D eigenvalue weighted by Crippen LogP contribution is 2.44. The lowest BCUT2D eigenvalue weighted by Crippen LogP contribution is -2.05. The van der Waals surface area contributed by atoms with E-state index in [1.807, 2.05) is 103 Å². The Morgan fingerprint density at radius 1 is 0.359 bits per heavy atom. The van der Waals surface area contributed by atoms with Gasteiger partial charge in [-0.25, -0.2) is 0 Å². The number of hydrogen-bond donors (Lipinski definition) is 0. The van der Waals surface area contributed by atoms with Crippen molar-refractivity contribution < 1.29 is 13.2 Å². The van der Waals surface area contributed by atoms with Gasteiger partial charge in [-0.15, -0.1) is 0 Å². The smallest absolute Gasteiger partial charge is 0.309 e. The van der Waals surface area contributed by atoms with Crippen LogP contribution in [0.15, 0.2) is 200 Å². The van der Waals surface area contributed by atoms with Crippen LogP contribution in [0.25, 0.3) is 99.5 Å². The van der Waals surface area contributed by atoms with Gasteiger partial charge in [0.05, 0.1) is 62.3 Å². The summed E-state index contributed by atoms with van der Waals surface area (Å²) in [6, 6.07) is 69.1. The maximum atomic E-state index is 14.0. The van der Waals surface area contributed by atoms with Crippen LogP contribution in [0.3, 0.4) is 0 Å². The molecule has 0 atom stereocenters. The lowest BCUT2D eigenvalue weighted by Gasteiger charge is -2.20. The second kappa shape index (κ2) is 15.1. The Morgan fingerprint density at radius 2 is 0.844 bits per heavy atom. The molecule has 2 aromatic heterocycles. The van der Waals surface area contributed by atoms with Gasteiger partial charge in [-0.1, -0.05) is 121 Å². The van der Waals surface area contributed by atoms with E-state index in [0.717, 1.165) is 100 Å². The number of fused-ring (bicyclic) bond motifs is 6. The first-order valence-electron chi connectivity index (χ1n) is 20.8. The molecule has 0 radical (unpaired) electrons. The van der Waals surface area contributed by atoms with Crippen molar-refractivity contribution in [1.82, 2.24) is 9.13 Å². The molecule has 7 heteroatoms. The van der Waals surface area contributed by atoms with Gasteiger partial charge in [0, 0.05) is 32.7 Å². The molecule has 0 spiro atoms. The van der Waals surface area contributed by atoms with Gasteiger partial charge < -0.3 is 9.13 Å². The second-order valence-electron chi connectivity index (χ2n) is 15.8. The van der Waals surface area contributed by atoms with Crippen LogP contribution in [-0.2, 0) is 6.18 Å². The number of rotatable bonds is 6. The Bertz CT molecular complexity index is 3730. The number of nitriles is 2. The molecule has 11 aromatic rings. The SMILES string of the molecule is N#Cc1ccc(-n2c3ccccc3c3cc(-c4ccccc4)ccc32)c(-c2cc(-c3ccc(C(F)(F)F)cc3C#N)ccc2-n2c3ccccc3c3cc(-c4ccccc4)ccc32)c1. The number of nitrogens with zero attached hydrogens (tertiary/aromatic N) is 4. The maximum absolute atomic E-state index is 14.0. The lowest BCUT2D eigenvalue weighted by molar-refractivity contribution is -0.137. The van der Waals surface area contributed by atoms with Crippen molar-refractivity contribution in [2.45, 2.75) is 6.18 Å². The number of hydrogen-bond acceptors (Lipinski definition) is 2. The zero-order chi connectivity index (χ0) is 43.5. The van der Waals surface area contributed by atoms with Crippen LogP contribution >= 0.6 is 0 Å². The van der Waals surface area contributed by atoms with Crippen molar-refractivity contribution in [3.05, 3.63) is 217 Å². The molecule has 0 saturated carbocycles. The predicted octanol–water partition coefficient (Wildman–Crippen LogP) is 15.3. The van der Waals surface area contributed by atoms with Crippen molar-refractivity contribution in [3.8, 4) is 68.0 Å². The fraction of sp³-hybridized carbons (Fsp3) is 0.0175. The van der Waals surface area contributed by atoms with Crippen LogP contribution < -0.4 is 0 Å². The van der Waals surface area contributed by atoms with Crippen LogP contribution in [0.2, 0.25) is 0 Å². The summed E-state index contributed by atoms with van der Waals surface area (Å²) < 4.78 is 46.3. The van der Waals surface area contributed by atoms with Crippen LogP contribution in [0.5, 0.6) is 0 Å². The summed E-state index contributed by atoms with van der Waals surface area (Å²) in [6.07, 6.45) is -4.62.